The van der Waals surface area contributed by atoms with E-state index < -0.39 is 7.38 Å². The Bertz CT molecular complexity index is 272. The van der Waals surface area contributed by atoms with Gasteiger partial charge in [-0.2, -0.15) is 11.1 Å². The van der Waals surface area contributed by atoms with Crippen molar-refractivity contribution in [2.75, 3.05) is 0 Å². The molecule has 0 bridgehead atoms. The zero-order chi connectivity index (χ0) is 20.1. The van der Waals surface area contributed by atoms with Crippen LogP contribution in [0.15, 0.2) is 0 Å². The van der Waals surface area contributed by atoms with E-state index in [-0.39, 0.29) is 0 Å². The zero-order valence-electron chi connectivity index (χ0n) is 19.4. The summed E-state index contributed by atoms with van der Waals surface area (Å²) in [6, 6.07) is 1.30. The first-order chi connectivity index (χ1) is 13.1. The largest absolute Gasteiger partial charge is 0.168 e. The SMILES string of the molecule is CCCCCCCCCCCCCCCCCCCCCCC[Si](C)(C)Cl. The molecule has 0 atom stereocenters. The molecule has 0 rings (SSSR count). The highest BCUT2D eigenvalue weighted by atomic mass is 35.6. The Morgan fingerprint density at radius 3 is 0.852 bits per heavy atom. The molecule has 0 aromatic carbocycles. The van der Waals surface area contributed by atoms with Crippen molar-refractivity contribution in [1.29, 1.82) is 0 Å². The molecule has 0 unspecified atom stereocenters. The molecule has 0 aromatic rings. The van der Waals surface area contributed by atoms with Crippen LogP contribution in [0.5, 0.6) is 0 Å². The second kappa shape index (κ2) is 21.2. The summed E-state index contributed by atoms with van der Waals surface area (Å²) in [5, 5.41) is 0. The maximum atomic E-state index is 6.36. The van der Waals surface area contributed by atoms with Crippen LogP contribution in [0.25, 0.3) is 0 Å². The summed E-state index contributed by atoms with van der Waals surface area (Å²) in [7, 11) is -1.30. The van der Waals surface area contributed by atoms with Crippen molar-refractivity contribution in [2.24, 2.45) is 0 Å². The molecule has 0 nitrogen and oxygen atoms in total. The Morgan fingerprint density at radius 1 is 0.407 bits per heavy atom. The van der Waals surface area contributed by atoms with Crippen LogP contribution in [0, 0.1) is 0 Å². The number of halogens is 1. The monoisotopic (exact) mass is 416 g/mol. The second-order valence-electron chi connectivity index (χ2n) is 9.54. The fourth-order valence-corrected chi connectivity index (χ4v) is 5.47. The van der Waals surface area contributed by atoms with Crippen LogP contribution in [0.1, 0.15) is 142 Å². The smallest absolute Gasteiger partial charge is 0.150 e. The fraction of sp³-hybridized carbons (Fsp3) is 1.00. The van der Waals surface area contributed by atoms with E-state index in [1.165, 1.54) is 141 Å². The highest BCUT2D eigenvalue weighted by Gasteiger charge is 2.15. The van der Waals surface area contributed by atoms with Gasteiger partial charge in [0.25, 0.3) is 0 Å². The van der Waals surface area contributed by atoms with Crippen LogP contribution in [-0.2, 0) is 0 Å². The van der Waals surface area contributed by atoms with E-state index in [2.05, 4.69) is 20.0 Å². The van der Waals surface area contributed by atoms with Crippen LogP contribution in [0.4, 0.5) is 0 Å². The predicted molar refractivity (Wildman–Crippen MR) is 131 cm³/mol. The zero-order valence-corrected chi connectivity index (χ0v) is 21.2. The summed E-state index contributed by atoms with van der Waals surface area (Å²) < 4.78 is 0. The van der Waals surface area contributed by atoms with Gasteiger partial charge in [0, 0.05) is 0 Å². The van der Waals surface area contributed by atoms with Crippen LogP contribution in [0.3, 0.4) is 0 Å². The molecular formula is C25H53ClSi. The summed E-state index contributed by atoms with van der Waals surface area (Å²) in [4.78, 5) is 0. The van der Waals surface area contributed by atoms with Crippen LogP contribution >= 0.6 is 11.1 Å². The molecule has 0 aromatic heterocycles. The molecule has 2 heteroatoms. The van der Waals surface area contributed by atoms with Gasteiger partial charge in [-0.3, -0.25) is 0 Å². The third kappa shape index (κ3) is 26.5. The molecule has 0 heterocycles. The van der Waals surface area contributed by atoms with Gasteiger partial charge < -0.3 is 0 Å². The molecule has 0 N–H and O–H groups in total. The molecular weight excluding hydrogens is 364 g/mol. The average Bonchev–Trinajstić information content (AvgIpc) is 2.62. The van der Waals surface area contributed by atoms with Crippen LogP contribution in [-0.4, -0.2) is 7.38 Å². The molecule has 0 aliphatic carbocycles. The first kappa shape index (κ1) is 27.5. The van der Waals surface area contributed by atoms with Gasteiger partial charge in [0.05, 0.1) is 0 Å². The van der Waals surface area contributed by atoms with Crippen LogP contribution < -0.4 is 0 Å². The highest BCUT2D eigenvalue weighted by Crippen LogP contribution is 2.19. The molecule has 0 saturated heterocycles. The van der Waals surface area contributed by atoms with Gasteiger partial charge in [0.2, 0.25) is 0 Å². The van der Waals surface area contributed by atoms with E-state index in [9.17, 15) is 0 Å². The summed E-state index contributed by atoms with van der Waals surface area (Å²) in [6.07, 6.45) is 30.6. The Morgan fingerprint density at radius 2 is 0.630 bits per heavy atom. The summed E-state index contributed by atoms with van der Waals surface area (Å²) in [5.74, 6) is 0. The van der Waals surface area contributed by atoms with E-state index in [0.29, 0.717) is 0 Å². The maximum absolute atomic E-state index is 6.36. The minimum atomic E-state index is -1.30. The Hall–Kier alpha value is 0.507. The molecule has 164 valence electrons. The Labute approximate surface area is 179 Å². The van der Waals surface area contributed by atoms with Crippen molar-refractivity contribution < 1.29 is 0 Å². The van der Waals surface area contributed by atoms with E-state index in [4.69, 9.17) is 11.1 Å². The molecule has 0 amide bonds. The fourth-order valence-electron chi connectivity index (χ4n) is 3.98. The molecule has 0 fully saturated rings. The van der Waals surface area contributed by atoms with Gasteiger partial charge in [-0.15, -0.1) is 0 Å². The van der Waals surface area contributed by atoms with E-state index in [1.807, 2.05) is 0 Å². The van der Waals surface area contributed by atoms with Gasteiger partial charge in [0.1, 0.15) is 7.38 Å². The number of unbranched alkanes of at least 4 members (excludes halogenated alkanes) is 20. The number of rotatable bonds is 22. The minimum absolute atomic E-state index is 1.30. The number of hydrogen-bond acceptors (Lipinski definition) is 0. The molecule has 0 aliphatic rings. The lowest BCUT2D eigenvalue weighted by Crippen LogP contribution is -2.14. The van der Waals surface area contributed by atoms with Crippen molar-refractivity contribution in [3.63, 3.8) is 0 Å². The van der Waals surface area contributed by atoms with Gasteiger partial charge in [-0.1, -0.05) is 155 Å². The molecule has 27 heavy (non-hydrogen) atoms. The van der Waals surface area contributed by atoms with Crippen LogP contribution in [0.2, 0.25) is 19.1 Å². The van der Waals surface area contributed by atoms with Gasteiger partial charge >= 0.3 is 0 Å². The van der Waals surface area contributed by atoms with Crippen molar-refractivity contribution >= 4 is 18.5 Å². The topological polar surface area (TPSA) is 0 Å². The molecule has 0 saturated carbocycles. The minimum Gasteiger partial charge on any atom is -0.168 e. The summed E-state index contributed by atoms with van der Waals surface area (Å²) >= 11 is 6.36. The average molecular weight is 417 g/mol. The first-order valence-corrected chi connectivity index (χ1v) is 17.0. The third-order valence-electron chi connectivity index (χ3n) is 5.87. The summed E-state index contributed by atoms with van der Waals surface area (Å²) in [6.45, 7) is 6.84. The lowest BCUT2D eigenvalue weighted by molar-refractivity contribution is 0.521. The highest BCUT2D eigenvalue weighted by molar-refractivity contribution is 7.19. The van der Waals surface area contributed by atoms with Crippen molar-refractivity contribution in [1.82, 2.24) is 0 Å². The summed E-state index contributed by atoms with van der Waals surface area (Å²) in [5.41, 5.74) is 0. The molecule has 0 radical (unpaired) electrons. The second-order valence-corrected chi connectivity index (χ2v) is 16.5. The van der Waals surface area contributed by atoms with Crippen molar-refractivity contribution in [2.45, 2.75) is 161 Å². The van der Waals surface area contributed by atoms with Gasteiger partial charge in [0.15, 0.2) is 0 Å². The van der Waals surface area contributed by atoms with Crippen molar-refractivity contribution in [3.8, 4) is 0 Å². The third-order valence-corrected chi connectivity index (χ3v) is 7.98. The predicted octanol–water partition coefficient (Wildman–Crippen LogP) is 10.6. The van der Waals surface area contributed by atoms with Gasteiger partial charge in [-0.05, 0) is 6.04 Å². The van der Waals surface area contributed by atoms with E-state index >= 15 is 0 Å². The lowest BCUT2D eigenvalue weighted by atomic mass is 10.0. The standard InChI is InChI=1S/C25H53ClSi/c1-4-5-6-7-8-9-10-11-12-13-14-15-16-17-18-19-20-21-22-23-24-25-27(2,3)26/h4-25H2,1-3H3. The number of hydrogen-bond donors (Lipinski definition) is 0. The van der Waals surface area contributed by atoms with Gasteiger partial charge in [-0.25, -0.2) is 0 Å². The quantitative estimate of drug-likeness (QED) is 0.0934. The van der Waals surface area contributed by atoms with E-state index in [0.717, 1.165) is 0 Å². The first-order valence-electron chi connectivity index (χ1n) is 12.7. The lowest BCUT2D eigenvalue weighted by Gasteiger charge is -2.11. The molecule has 0 spiro atoms. The maximum Gasteiger partial charge on any atom is 0.150 e. The van der Waals surface area contributed by atoms with E-state index in [1.54, 1.807) is 0 Å². The Kier molecular flexibility index (Phi) is 21.6. The normalized spacial score (nSPS) is 12.0. The molecule has 0 aliphatic heterocycles. The van der Waals surface area contributed by atoms with Crippen molar-refractivity contribution in [3.05, 3.63) is 0 Å². The Balaban J connectivity index is 3.01.